The zero-order valence-electron chi connectivity index (χ0n) is 27.1. The maximum Gasteiger partial charge on any atom is 0.408 e. The summed E-state index contributed by atoms with van der Waals surface area (Å²) >= 11 is 0. The maximum absolute atomic E-state index is 14.3. The third-order valence-electron chi connectivity index (χ3n) is 7.05. The number of methoxy groups -OCH3 is 1. The zero-order chi connectivity index (χ0) is 32.7. The highest BCUT2D eigenvalue weighted by Crippen LogP contribution is 2.27. The quantitative estimate of drug-likeness (QED) is 0.191. The Morgan fingerprint density at radius 2 is 1.50 bits per heavy atom. The summed E-state index contributed by atoms with van der Waals surface area (Å²) in [5.41, 5.74) is 6.89. The van der Waals surface area contributed by atoms with E-state index in [1.165, 1.54) is 4.90 Å². The van der Waals surface area contributed by atoms with E-state index in [4.69, 9.17) is 15.2 Å². The predicted octanol–water partition coefficient (Wildman–Crippen LogP) is 5.90. The molecule has 0 fully saturated rings. The molecule has 0 saturated carbocycles. The SMILES string of the molecule is CCCCCCCCN(C(=O)C(CC(N)=O)NC(=O)OC(C)(C)C)C(C(=O)Nc1ccc(OC)cc1)c1ccc(CC)cc1. The van der Waals surface area contributed by atoms with Crippen molar-refractivity contribution in [2.24, 2.45) is 5.73 Å². The van der Waals surface area contributed by atoms with Gasteiger partial charge in [-0.2, -0.15) is 0 Å². The smallest absolute Gasteiger partial charge is 0.408 e. The molecule has 2 atom stereocenters. The van der Waals surface area contributed by atoms with Gasteiger partial charge in [0.15, 0.2) is 0 Å². The topological polar surface area (TPSA) is 140 Å². The molecule has 0 spiro atoms. The van der Waals surface area contributed by atoms with Crippen molar-refractivity contribution >= 4 is 29.5 Å². The lowest BCUT2D eigenvalue weighted by Crippen LogP contribution is -2.53. The summed E-state index contributed by atoms with van der Waals surface area (Å²) in [5.74, 6) is -1.17. The Bertz CT molecular complexity index is 1210. The number of carbonyl (C=O) groups excluding carboxylic acids is 4. The van der Waals surface area contributed by atoms with Crippen LogP contribution in [0.5, 0.6) is 5.75 Å². The number of alkyl carbamates (subject to hydrolysis) is 1. The van der Waals surface area contributed by atoms with Crippen LogP contribution in [0.2, 0.25) is 0 Å². The number of hydrogen-bond acceptors (Lipinski definition) is 6. The summed E-state index contributed by atoms with van der Waals surface area (Å²) in [6.07, 6.45) is 5.28. The molecule has 0 aliphatic heterocycles. The first kappa shape index (κ1) is 36.1. The molecule has 242 valence electrons. The number of nitrogens with one attached hydrogen (secondary N) is 2. The Morgan fingerprint density at radius 1 is 0.886 bits per heavy atom. The van der Waals surface area contributed by atoms with E-state index in [0.717, 1.165) is 44.1 Å². The number of amides is 4. The van der Waals surface area contributed by atoms with Gasteiger partial charge in [0.2, 0.25) is 11.8 Å². The summed E-state index contributed by atoms with van der Waals surface area (Å²) in [7, 11) is 1.56. The molecule has 0 heterocycles. The van der Waals surface area contributed by atoms with Gasteiger partial charge in [-0.1, -0.05) is 70.2 Å². The van der Waals surface area contributed by atoms with Crippen molar-refractivity contribution in [1.82, 2.24) is 10.2 Å². The summed E-state index contributed by atoms with van der Waals surface area (Å²) in [4.78, 5) is 54.6. The molecular formula is C34H50N4O6. The van der Waals surface area contributed by atoms with Crippen molar-refractivity contribution < 1.29 is 28.7 Å². The minimum atomic E-state index is -1.33. The van der Waals surface area contributed by atoms with Crippen LogP contribution in [0.3, 0.4) is 0 Å². The first-order valence-corrected chi connectivity index (χ1v) is 15.5. The zero-order valence-corrected chi connectivity index (χ0v) is 27.1. The van der Waals surface area contributed by atoms with Gasteiger partial charge in [-0.15, -0.1) is 0 Å². The molecule has 10 nitrogen and oxygen atoms in total. The second-order valence-corrected chi connectivity index (χ2v) is 11.9. The van der Waals surface area contributed by atoms with Crippen LogP contribution >= 0.6 is 0 Å². The van der Waals surface area contributed by atoms with Crippen molar-refractivity contribution in [1.29, 1.82) is 0 Å². The van der Waals surface area contributed by atoms with E-state index in [1.807, 2.05) is 31.2 Å². The van der Waals surface area contributed by atoms with Gasteiger partial charge in [0.05, 0.1) is 13.5 Å². The molecule has 2 rings (SSSR count). The van der Waals surface area contributed by atoms with E-state index in [2.05, 4.69) is 17.6 Å². The van der Waals surface area contributed by atoms with Gasteiger partial charge < -0.3 is 30.7 Å². The number of aryl methyl sites for hydroxylation is 1. The lowest BCUT2D eigenvalue weighted by molar-refractivity contribution is -0.142. The number of carbonyl (C=O) groups is 4. The Kier molecular flexibility index (Phi) is 14.7. The van der Waals surface area contributed by atoms with E-state index < -0.39 is 47.9 Å². The second-order valence-electron chi connectivity index (χ2n) is 11.9. The van der Waals surface area contributed by atoms with Crippen molar-refractivity contribution in [2.75, 3.05) is 19.0 Å². The van der Waals surface area contributed by atoms with Crippen molar-refractivity contribution in [3.05, 3.63) is 59.7 Å². The summed E-state index contributed by atoms with van der Waals surface area (Å²) in [5, 5.41) is 5.46. The average Bonchev–Trinajstić information content (AvgIpc) is 2.97. The van der Waals surface area contributed by atoms with Gasteiger partial charge in [0.25, 0.3) is 5.91 Å². The molecule has 0 aromatic heterocycles. The summed E-state index contributed by atoms with van der Waals surface area (Å²) in [6.45, 7) is 9.50. The average molecular weight is 611 g/mol. The van der Waals surface area contributed by atoms with Gasteiger partial charge in [-0.05, 0) is 69.0 Å². The highest BCUT2D eigenvalue weighted by molar-refractivity contribution is 5.99. The number of nitrogens with zero attached hydrogens (tertiary/aromatic N) is 1. The molecule has 2 unspecified atom stereocenters. The number of benzene rings is 2. The number of unbranched alkanes of at least 4 members (excludes halogenated alkanes) is 5. The fraction of sp³-hybridized carbons (Fsp3) is 0.529. The Labute approximate surface area is 262 Å². The monoisotopic (exact) mass is 610 g/mol. The standard InChI is InChI=1S/C34H50N4O6/c1-7-9-10-11-12-13-22-38(32(41)28(23-29(35)39)37-33(42)44-34(3,4)5)30(25-16-14-24(8-2)15-17-25)31(40)36-26-18-20-27(43-6)21-19-26/h14-21,28,30H,7-13,22-23H2,1-6H3,(H2,35,39)(H,36,40)(H,37,42). The molecule has 0 radical (unpaired) electrons. The van der Waals surface area contributed by atoms with Crippen molar-refractivity contribution in [3.63, 3.8) is 0 Å². The molecule has 0 aliphatic rings. The minimum absolute atomic E-state index is 0.229. The highest BCUT2D eigenvalue weighted by Gasteiger charge is 2.37. The number of nitrogens with two attached hydrogens (primary N) is 1. The van der Waals surface area contributed by atoms with Gasteiger partial charge in [0.1, 0.15) is 23.4 Å². The number of rotatable bonds is 17. The van der Waals surface area contributed by atoms with Crippen LogP contribution in [0.4, 0.5) is 10.5 Å². The van der Waals surface area contributed by atoms with E-state index in [-0.39, 0.29) is 6.54 Å². The highest BCUT2D eigenvalue weighted by atomic mass is 16.6. The first-order valence-electron chi connectivity index (χ1n) is 15.5. The van der Waals surface area contributed by atoms with E-state index in [1.54, 1.807) is 52.1 Å². The molecule has 2 aromatic carbocycles. The molecule has 0 saturated heterocycles. The lowest BCUT2D eigenvalue weighted by atomic mass is 9.99. The van der Waals surface area contributed by atoms with Gasteiger partial charge in [-0.25, -0.2) is 4.79 Å². The number of primary amides is 1. The number of hydrogen-bond donors (Lipinski definition) is 3. The van der Waals surface area contributed by atoms with Crippen molar-refractivity contribution in [3.8, 4) is 5.75 Å². The number of ether oxygens (including phenoxy) is 2. The molecule has 10 heteroatoms. The fourth-order valence-electron chi connectivity index (χ4n) is 4.77. The van der Waals surface area contributed by atoms with E-state index in [9.17, 15) is 19.2 Å². The Hall–Kier alpha value is -4.08. The summed E-state index contributed by atoms with van der Waals surface area (Å²) < 4.78 is 10.6. The van der Waals surface area contributed by atoms with Crippen LogP contribution in [0.1, 0.15) is 96.7 Å². The molecular weight excluding hydrogens is 560 g/mol. The van der Waals surface area contributed by atoms with Crippen LogP contribution in [0, 0.1) is 0 Å². The molecule has 0 bridgehead atoms. The molecule has 44 heavy (non-hydrogen) atoms. The van der Waals surface area contributed by atoms with E-state index >= 15 is 0 Å². The van der Waals surface area contributed by atoms with Crippen LogP contribution in [-0.2, 0) is 25.5 Å². The van der Waals surface area contributed by atoms with Crippen molar-refractivity contribution in [2.45, 2.75) is 104 Å². The molecule has 4 amide bonds. The third kappa shape index (κ3) is 12.3. The van der Waals surface area contributed by atoms with Crippen LogP contribution in [0.15, 0.2) is 48.5 Å². The molecule has 4 N–H and O–H groups in total. The minimum Gasteiger partial charge on any atom is -0.497 e. The normalized spacial score (nSPS) is 12.5. The molecule has 2 aromatic rings. The maximum atomic E-state index is 14.3. The second kappa shape index (κ2) is 17.9. The lowest BCUT2D eigenvalue weighted by Gasteiger charge is -2.34. The first-order chi connectivity index (χ1) is 20.9. The Morgan fingerprint density at radius 3 is 2.05 bits per heavy atom. The number of anilines is 1. The van der Waals surface area contributed by atoms with Gasteiger partial charge in [-0.3, -0.25) is 14.4 Å². The van der Waals surface area contributed by atoms with Crippen LogP contribution < -0.4 is 21.1 Å². The fourth-order valence-corrected chi connectivity index (χ4v) is 4.77. The van der Waals surface area contributed by atoms with Crippen LogP contribution in [0.25, 0.3) is 0 Å². The third-order valence-corrected chi connectivity index (χ3v) is 7.05. The van der Waals surface area contributed by atoms with E-state index in [0.29, 0.717) is 23.4 Å². The largest absolute Gasteiger partial charge is 0.497 e. The van der Waals surface area contributed by atoms with Gasteiger partial charge in [0, 0.05) is 12.2 Å². The summed E-state index contributed by atoms with van der Waals surface area (Å²) in [6, 6.07) is 12.0. The van der Waals surface area contributed by atoms with Crippen LogP contribution in [-0.4, -0.2) is 54.0 Å². The molecule has 0 aliphatic carbocycles. The predicted molar refractivity (Wildman–Crippen MR) is 172 cm³/mol. The van der Waals surface area contributed by atoms with Gasteiger partial charge >= 0.3 is 6.09 Å². The Balaban J connectivity index is 2.53.